The average Bonchev–Trinajstić information content (AvgIpc) is 2.19. The van der Waals surface area contributed by atoms with E-state index in [9.17, 15) is 9.18 Å². The lowest BCUT2D eigenvalue weighted by Crippen LogP contribution is -2.29. The zero-order valence-electron chi connectivity index (χ0n) is 11.7. The van der Waals surface area contributed by atoms with E-state index in [1.165, 1.54) is 6.07 Å². The fraction of sp³-hybridized carbons (Fsp3) is 0.533. The van der Waals surface area contributed by atoms with E-state index >= 15 is 0 Å². The second-order valence-electron chi connectivity index (χ2n) is 6.18. The Balaban J connectivity index is 2.56. The molecule has 0 saturated carbocycles. The Hall–Kier alpha value is -0.930. The lowest BCUT2D eigenvalue weighted by Gasteiger charge is -2.22. The highest BCUT2D eigenvalue weighted by molar-refractivity contribution is 6.30. The molecule has 0 aliphatic heterocycles. The van der Waals surface area contributed by atoms with Crippen molar-refractivity contribution in [1.82, 2.24) is 0 Å². The van der Waals surface area contributed by atoms with Crippen LogP contribution in [0.4, 0.5) is 4.39 Å². The third kappa shape index (κ3) is 6.17. The summed E-state index contributed by atoms with van der Waals surface area (Å²) in [5.41, 5.74) is 6.40. The molecule has 0 aliphatic rings. The van der Waals surface area contributed by atoms with Gasteiger partial charge in [-0.05, 0) is 29.5 Å². The lowest BCUT2D eigenvalue weighted by atomic mass is 9.86. The van der Waals surface area contributed by atoms with Crippen LogP contribution in [-0.2, 0) is 11.2 Å². The van der Waals surface area contributed by atoms with Crippen LogP contribution in [0.5, 0.6) is 0 Å². The summed E-state index contributed by atoms with van der Waals surface area (Å²) in [5, 5.41) is 0.332. The number of Topliss-reactive ketones (excluding diaryl/α,β-unsaturated/α-hetero) is 1. The molecule has 0 fully saturated rings. The van der Waals surface area contributed by atoms with Crippen molar-refractivity contribution in [2.75, 3.05) is 0 Å². The monoisotopic (exact) mass is 285 g/mol. The Morgan fingerprint density at radius 1 is 1.42 bits per heavy atom. The molecule has 1 unspecified atom stereocenters. The molecule has 1 rings (SSSR count). The van der Waals surface area contributed by atoms with Gasteiger partial charge in [-0.3, -0.25) is 4.79 Å². The second-order valence-corrected chi connectivity index (χ2v) is 6.62. The first-order valence-corrected chi connectivity index (χ1v) is 6.76. The van der Waals surface area contributed by atoms with Crippen molar-refractivity contribution in [3.05, 3.63) is 34.6 Å². The van der Waals surface area contributed by atoms with Crippen LogP contribution >= 0.6 is 11.6 Å². The molecule has 0 bridgehead atoms. The Labute approximate surface area is 119 Å². The summed E-state index contributed by atoms with van der Waals surface area (Å²) in [6.45, 7) is 6.24. The molecule has 0 amide bonds. The number of nitrogens with two attached hydrogens (primary N) is 1. The van der Waals surface area contributed by atoms with Gasteiger partial charge in [-0.2, -0.15) is 0 Å². The molecule has 0 aromatic heterocycles. The molecule has 0 radical (unpaired) electrons. The molecule has 0 spiro atoms. The van der Waals surface area contributed by atoms with E-state index in [4.69, 9.17) is 17.3 Å². The van der Waals surface area contributed by atoms with E-state index in [-0.39, 0.29) is 30.1 Å². The van der Waals surface area contributed by atoms with Gasteiger partial charge in [-0.25, -0.2) is 4.39 Å². The van der Waals surface area contributed by atoms with Crippen LogP contribution in [0.2, 0.25) is 5.02 Å². The van der Waals surface area contributed by atoms with Gasteiger partial charge in [0.25, 0.3) is 0 Å². The van der Waals surface area contributed by atoms with Gasteiger partial charge >= 0.3 is 0 Å². The number of hydrogen-bond donors (Lipinski definition) is 1. The molecule has 19 heavy (non-hydrogen) atoms. The number of ketones is 1. The zero-order chi connectivity index (χ0) is 14.6. The molecule has 4 heteroatoms. The number of carbonyl (C=O) groups excluding carboxylic acids is 1. The number of rotatable bonds is 5. The molecule has 1 atom stereocenters. The van der Waals surface area contributed by atoms with Gasteiger partial charge in [0.1, 0.15) is 11.6 Å². The Morgan fingerprint density at radius 2 is 2.05 bits per heavy atom. The molecule has 1 aromatic carbocycles. The molecule has 0 heterocycles. The van der Waals surface area contributed by atoms with Crippen LogP contribution < -0.4 is 5.73 Å². The van der Waals surface area contributed by atoms with E-state index < -0.39 is 5.82 Å². The summed E-state index contributed by atoms with van der Waals surface area (Å²) in [4.78, 5) is 11.9. The minimum atomic E-state index is -0.440. The molecular weight excluding hydrogens is 265 g/mol. The summed E-state index contributed by atoms with van der Waals surface area (Å²) >= 11 is 5.67. The number of carbonyl (C=O) groups is 1. The summed E-state index contributed by atoms with van der Waals surface area (Å²) in [6.07, 6.45) is 1.11. The molecule has 2 N–H and O–H groups in total. The molecule has 0 saturated heterocycles. The van der Waals surface area contributed by atoms with E-state index in [1.54, 1.807) is 12.1 Å². The van der Waals surface area contributed by atoms with Crippen LogP contribution in [0.3, 0.4) is 0 Å². The maximum absolute atomic E-state index is 13.6. The lowest BCUT2D eigenvalue weighted by molar-refractivity contribution is -0.118. The third-order valence-corrected chi connectivity index (χ3v) is 3.00. The largest absolute Gasteiger partial charge is 0.327 e. The SMILES string of the molecule is CC(C)(C)CC(N)CC(=O)Cc1ccc(Cl)cc1F. The smallest absolute Gasteiger partial charge is 0.138 e. The standard InChI is InChI=1S/C15H21ClFNO/c1-15(2,3)9-12(18)8-13(19)6-10-4-5-11(16)7-14(10)17/h4-5,7,12H,6,8-9,18H2,1-3H3. The van der Waals surface area contributed by atoms with Gasteiger partial charge in [0, 0.05) is 23.9 Å². The molecule has 106 valence electrons. The van der Waals surface area contributed by atoms with Gasteiger partial charge in [0.05, 0.1) is 0 Å². The Morgan fingerprint density at radius 3 is 2.58 bits per heavy atom. The van der Waals surface area contributed by atoms with Gasteiger partial charge in [0.2, 0.25) is 0 Å². The fourth-order valence-electron chi connectivity index (χ4n) is 2.10. The highest BCUT2D eigenvalue weighted by Gasteiger charge is 2.18. The minimum Gasteiger partial charge on any atom is -0.327 e. The first-order valence-electron chi connectivity index (χ1n) is 6.38. The van der Waals surface area contributed by atoms with Gasteiger partial charge < -0.3 is 5.73 Å². The maximum atomic E-state index is 13.6. The number of halogens is 2. The van der Waals surface area contributed by atoms with E-state index in [1.807, 2.05) is 0 Å². The molecular formula is C15H21ClFNO. The molecule has 2 nitrogen and oxygen atoms in total. The Kier molecular flexibility index (Phi) is 5.50. The van der Waals surface area contributed by atoms with Crippen molar-refractivity contribution in [3.8, 4) is 0 Å². The maximum Gasteiger partial charge on any atom is 0.138 e. The van der Waals surface area contributed by atoms with Crippen molar-refractivity contribution in [3.63, 3.8) is 0 Å². The van der Waals surface area contributed by atoms with Crippen molar-refractivity contribution in [1.29, 1.82) is 0 Å². The van der Waals surface area contributed by atoms with Crippen molar-refractivity contribution in [2.45, 2.75) is 46.1 Å². The first-order chi connectivity index (χ1) is 8.67. The van der Waals surface area contributed by atoms with E-state index in [0.29, 0.717) is 10.6 Å². The number of hydrogen-bond acceptors (Lipinski definition) is 2. The molecule has 0 aliphatic carbocycles. The topological polar surface area (TPSA) is 43.1 Å². The summed E-state index contributed by atoms with van der Waals surface area (Å²) in [7, 11) is 0. The summed E-state index contributed by atoms with van der Waals surface area (Å²) < 4.78 is 13.6. The van der Waals surface area contributed by atoms with Crippen LogP contribution in [0.1, 0.15) is 39.2 Å². The third-order valence-electron chi connectivity index (χ3n) is 2.77. The quantitative estimate of drug-likeness (QED) is 0.895. The van der Waals surface area contributed by atoms with Crippen molar-refractivity contribution in [2.24, 2.45) is 11.1 Å². The zero-order valence-corrected chi connectivity index (χ0v) is 12.4. The van der Waals surface area contributed by atoms with Crippen LogP contribution in [0, 0.1) is 11.2 Å². The minimum absolute atomic E-state index is 0.0435. The van der Waals surface area contributed by atoms with Gasteiger partial charge in [-0.1, -0.05) is 38.4 Å². The normalized spacial score (nSPS) is 13.4. The van der Waals surface area contributed by atoms with Crippen molar-refractivity contribution >= 4 is 17.4 Å². The summed E-state index contributed by atoms with van der Waals surface area (Å²) in [5.74, 6) is -0.483. The second kappa shape index (κ2) is 6.49. The highest BCUT2D eigenvalue weighted by atomic mass is 35.5. The summed E-state index contributed by atoms with van der Waals surface area (Å²) in [6, 6.07) is 4.18. The fourth-order valence-corrected chi connectivity index (χ4v) is 2.26. The first kappa shape index (κ1) is 16.1. The highest BCUT2D eigenvalue weighted by Crippen LogP contribution is 2.22. The van der Waals surface area contributed by atoms with Crippen LogP contribution in [0.25, 0.3) is 0 Å². The predicted molar refractivity (Wildman–Crippen MR) is 76.8 cm³/mol. The molecule has 1 aromatic rings. The van der Waals surface area contributed by atoms with Crippen molar-refractivity contribution < 1.29 is 9.18 Å². The average molecular weight is 286 g/mol. The van der Waals surface area contributed by atoms with E-state index in [2.05, 4.69) is 20.8 Å². The van der Waals surface area contributed by atoms with Gasteiger partial charge in [-0.15, -0.1) is 0 Å². The Bertz CT molecular complexity index is 454. The predicted octanol–water partition coefficient (Wildman–Crippen LogP) is 3.74. The van der Waals surface area contributed by atoms with Crippen LogP contribution in [0.15, 0.2) is 18.2 Å². The van der Waals surface area contributed by atoms with Gasteiger partial charge in [0.15, 0.2) is 0 Å². The van der Waals surface area contributed by atoms with E-state index in [0.717, 1.165) is 6.42 Å². The van der Waals surface area contributed by atoms with Crippen LogP contribution in [-0.4, -0.2) is 11.8 Å². The number of benzene rings is 1.